The van der Waals surface area contributed by atoms with Crippen LogP contribution in [0.5, 0.6) is 5.88 Å². The Bertz CT molecular complexity index is 1220. The van der Waals surface area contributed by atoms with Crippen LogP contribution < -0.4 is 15.4 Å². The molecule has 1 aromatic heterocycles. The van der Waals surface area contributed by atoms with Gasteiger partial charge in [-0.2, -0.15) is 0 Å². The smallest absolute Gasteiger partial charge is 0.320 e. The number of carbonyl (C=O) groups is 1. The van der Waals surface area contributed by atoms with Crippen LogP contribution in [0.4, 0.5) is 10.6 Å². The molecule has 1 fully saturated rings. The number of morpholine rings is 1. The van der Waals surface area contributed by atoms with E-state index in [-0.39, 0.29) is 23.6 Å². The molecule has 1 aromatic carbocycles. The van der Waals surface area contributed by atoms with Crippen LogP contribution in [0.25, 0.3) is 5.69 Å². The summed E-state index contributed by atoms with van der Waals surface area (Å²) < 4.78 is 13.7. The third-order valence-electron chi connectivity index (χ3n) is 8.06. The summed E-state index contributed by atoms with van der Waals surface area (Å²) in [6.07, 6.45) is 7.54. The molecule has 0 radical (unpaired) electrons. The van der Waals surface area contributed by atoms with Crippen molar-refractivity contribution in [2.45, 2.75) is 59.1 Å². The predicted molar refractivity (Wildman–Crippen MR) is 150 cm³/mol. The average molecular weight is 520 g/mol. The second-order valence-electron chi connectivity index (χ2n) is 11.6. The largest absolute Gasteiger partial charge is 0.474 e. The molecule has 0 saturated carbocycles. The summed E-state index contributed by atoms with van der Waals surface area (Å²) in [5, 5.41) is 11.2. The molecule has 2 heterocycles. The fourth-order valence-electron chi connectivity index (χ4n) is 6.21. The molecule has 2 amide bonds. The Morgan fingerprint density at radius 1 is 1.26 bits per heavy atom. The van der Waals surface area contributed by atoms with Crippen LogP contribution in [0, 0.1) is 18.3 Å². The van der Waals surface area contributed by atoms with Crippen molar-refractivity contribution in [3.63, 3.8) is 0 Å². The molecular weight excluding hydrogens is 478 g/mol. The van der Waals surface area contributed by atoms with Crippen molar-refractivity contribution < 1.29 is 14.3 Å². The summed E-state index contributed by atoms with van der Waals surface area (Å²) >= 11 is 0. The standard InChI is InChI=1S/C30H41N5O3/c1-20-17-30(3,4)25-14-10-9-13-24(25)26(20)31-29(36)32-27-21(2)28(33-35(27)22-11-7-6-8-12-22)38-19-23-18-34(5)15-16-37-23/h6-8,10-12,14,20,23,26H,9,13,15-19H2,1-5H3,(H2,31,32,36)/t20-,23-,26+/m1/s1. The van der Waals surface area contributed by atoms with E-state index < -0.39 is 0 Å². The molecule has 0 unspecified atom stereocenters. The Labute approximate surface area is 226 Å². The molecule has 38 heavy (non-hydrogen) atoms. The number of nitrogens with zero attached hydrogens (tertiary/aromatic N) is 3. The maximum Gasteiger partial charge on any atom is 0.320 e. The number of para-hydroxylation sites is 1. The number of hydrogen-bond acceptors (Lipinski definition) is 5. The van der Waals surface area contributed by atoms with Crippen LogP contribution in [0.3, 0.4) is 0 Å². The summed E-state index contributed by atoms with van der Waals surface area (Å²) in [6.45, 7) is 11.6. The molecule has 2 aliphatic carbocycles. The lowest BCUT2D eigenvalue weighted by Crippen LogP contribution is -2.48. The van der Waals surface area contributed by atoms with Gasteiger partial charge in [0.2, 0.25) is 5.88 Å². The molecule has 1 saturated heterocycles. The van der Waals surface area contributed by atoms with Crippen molar-refractivity contribution >= 4 is 11.8 Å². The van der Waals surface area contributed by atoms with Crippen LogP contribution in [0.2, 0.25) is 0 Å². The van der Waals surface area contributed by atoms with E-state index in [9.17, 15) is 4.79 Å². The minimum absolute atomic E-state index is 0.00698. The molecule has 0 bridgehead atoms. The van der Waals surface area contributed by atoms with Gasteiger partial charge in [-0.25, -0.2) is 9.48 Å². The zero-order chi connectivity index (χ0) is 26.9. The Morgan fingerprint density at radius 3 is 2.82 bits per heavy atom. The Kier molecular flexibility index (Phi) is 7.63. The summed E-state index contributed by atoms with van der Waals surface area (Å²) in [6, 6.07) is 9.59. The number of carbonyl (C=O) groups excluding carboxylic acids is 1. The van der Waals surface area contributed by atoms with Gasteiger partial charge < -0.3 is 19.7 Å². The molecule has 2 aromatic rings. The topological polar surface area (TPSA) is 80.7 Å². The van der Waals surface area contributed by atoms with Crippen molar-refractivity contribution in [2.75, 3.05) is 38.7 Å². The molecule has 8 nitrogen and oxygen atoms in total. The number of nitrogens with one attached hydrogen (secondary N) is 2. The van der Waals surface area contributed by atoms with Gasteiger partial charge in [-0.15, -0.1) is 5.10 Å². The highest BCUT2D eigenvalue weighted by Gasteiger charge is 2.39. The third-order valence-corrected chi connectivity index (χ3v) is 8.06. The second kappa shape index (κ2) is 10.9. The molecule has 204 valence electrons. The molecule has 8 heteroatoms. The number of amides is 2. The molecule has 3 aliphatic rings. The van der Waals surface area contributed by atoms with Crippen LogP contribution in [-0.4, -0.2) is 66.2 Å². The van der Waals surface area contributed by atoms with Crippen LogP contribution in [-0.2, 0) is 4.74 Å². The Hall–Kier alpha value is -3.10. The summed E-state index contributed by atoms with van der Waals surface area (Å²) in [7, 11) is 2.09. The first-order chi connectivity index (χ1) is 18.2. The van der Waals surface area contributed by atoms with Gasteiger partial charge in [0.15, 0.2) is 0 Å². The molecular formula is C30H41N5O3. The number of aromatic nitrogens is 2. The van der Waals surface area contributed by atoms with Gasteiger partial charge >= 0.3 is 6.03 Å². The minimum Gasteiger partial charge on any atom is -0.474 e. The van der Waals surface area contributed by atoms with E-state index in [1.165, 1.54) is 11.1 Å². The van der Waals surface area contributed by atoms with E-state index in [0.717, 1.165) is 43.6 Å². The van der Waals surface area contributed by atoms with Crippen molar-refractivity contribution in [1.29, 1.82) is 0 Å². The Balaban J connectivity index is 1.37. The lowest BCUT2D eigenvalue weighted by atomic mass is 9.64. The van der Waals surface area contributed by atoms with E-state index in [2.05, 4.69) is 55.5 Å². The highest BCUT2D eigenvalue weighted by molar-refractivity contribution is 5.90. The number of likely N-dealkylation sites (N-methyl/N-ethyl adjacent to an activating group) is 1. The summed E-state index contributed by atoms with van der Waals surface area (Å²) in [5.41, 5.74) is 4.49. The van der Waals surface area contributed by atoms with Gasteiger partial charge in [-0.1, -0.05) is 51.1 Å². The van der Waals surface area contributed by atoms with Gasteiger partial charge in [-0.3, -0.25) is 5.32 Å². The fourth-order valence-corrected chi connectivity index (χ4v) is 6.21. The van der Waals surface area contributed by atoms with Crippen LogP contribution >= 0.6 is 0 Å². The fraction of sp³-hybridized carbons (Fsp3) is 0.533. The second-order valence-corrected chi connectivity index (χ2v) is 11.6. The zero-order valence-corrected chi connectivity index (χ0v) is 23.3. The van der Waals surface area contributed by atoms with E-state index in [1.807, 2.05) is 37.3 Å². The molecule has 0 spiro atoms. The normalized spacial score (nSPS) is 25.1. The Morgan fingerprint density at radius 2 is 2.05 bits per heavy atom. The lowest BCUT2D eigenvalue weighted by molar-refractivity contribution is -0.0411. The lowest BCUT2D eigenvalue weighted by Gasteiger charge is -2.43. The minimum atomic E-state index is -0.230. The average Bonchev–Trinajstić information content (AvgIpc) is 3.20. The molecule has 1 aliphatic heterocycles. The quantitative estimate of drug-likeness (QED) is 0.556. The number of allylic oxidation sites excluding steroid dienone is 3. The monoisotopic (exact) mass is 519 g/mol. The highest BCUT2D eigenvalue weighted by Crippen LogP contribution is 2.46. The van der Waals surface area contributed by atoms with E-state index in [4.69, 9.17) is 14.6 Å². The molecule has 2 N–H and O–H groups in total. The SMILES string of the molecule is Cc1c(OC[C@H]2CN(C)CCO2)nn(-c2ccccc2)c1NC(=O)N[C@@H]1C2=C(C=CCC2)C(C)(C)C[C@H]1C. The van der Waals surface area contributed by atoms with Crippen LogP contribution in [0.1, 0.15) is 45.6 Å². The first-order valence-corrected chi connectivity index (χ1v) is 13.8. The van der Waals surface area contributed by atoms with Crippen molar-refractivity contribution in [3.05, 3.63) is 59.2 Å². The van der Waals surface area contributed by atoms with Crippen molar-refractivity contribution in [3.8, 4) is 11.6 Å². The number of hydrogen-bond donors (Lipinski definition) is 2. The van der Waals surface area contributed by atoms with E-state index in [1.54, 1.807) is 4.68 Å². The van der Waals surface area contributed by atoms with Crippen LogP contribution in [0.15, 0.2) is 53.6 Å². The molecule has 5 rings (SSSR count). The maximum atomic E-state index is 13.5. The highest BCUT2D eigenvalue weighted by atomic mass is 16.5. The van der Waals surface area contributed by atoms with Gasteiger partial charge in [0.25, 0.3) is 0 Å². The number of rotatable bonds is 6. The first kappa shape index (κ1) is 26.5. The van der Waals surface area contributed by atoms with Gasteiger partial charge in [0.1, 0.15) is 18.5 Å². The number of urea groups is 1. The maximum absolute atomic E-state index is 13.5. The molecule has 3 atom stereocenters. The third kappa shape index (κ3) is 5.52. The van der Waals surface area contributed by atoms with Crippen molar-refractivity contribution in [1.82, 2.24) is 20.0 Å². The van der Waals surface area contributed by atoms with Gasteiger partial charge in [0.05, 0.1) is 23.9 Å². The van der Waals surface area contributed by atoms with Crippen molar-refractivity contribution in [2.24, 2.45) is 11.3 Å². The van der Waals surface area contributed by atoms with Gasteiger partial charge in [-0.05, 0) is 67.8 Å². The van der Waals surface area contributed by atoms with E-state index >= 15 is 0 Å². The first-order valence-electron chi connectivity index (χ1n) is 13.8. The predicted octanol–water partition coefficient (Wildman–Crippen LogP) is 5.09. The summed E-state index contributed by atoms with van der Waals surface area (Å²) in [4.78, 5) is 15.7. The number of benzene rings is 1. The summed E-state index contributed by atoms with van der Waals surface area (Å²) in [5.74, 6) is 1.44. The van der Waals surface area contributed by atoms with E-state index in [0.29, 0.717) is 30.8 Å². The number of ether oxygens (including phenoxy) is 2. The number of anilines is 1. The van der Waals surface area contributed by atoms with Gasteiger partial charge in [0, 0.05) is 13.1 Å². The zero-order valence-electron chi connectivity index (χ0n) is 23.3.